The van der Waals surface area contributed by atoms with Crippen LogP contribution in [0.15, 0.2) is 22.6 Å². The van der Waals surface area contributed by atoms with Gasteiger partial charge in [0.25, 0.3) is 5.56 Å². The number of amides is 1. The lowest BCUT2D eigenvalue weighted by molar-refractivity contribution is -0.131. The van der Waals surface area contributed by atoms with E-state index in [1.54, 1.807) is 22.0 Å². The Kier molecular flexibility index (Phi) is 6.44. The summed E-state index contributed by atoms with van der Waals surface area (Å²) >= 11 is 3.08. The number of thiophene rings is 1. The van der Waals surface area contributed by atoms with Gasteiger partial charge in [0.1, 0.15) is 4.83 Å². The predicted molar refractivity (Wildman–Crippen MR) is 121 cm³/mol. The average molecular weight is 432 g/mol. The van der Waals surface area contributed by atoms with Gasteiger partial charge in [-0.15, -0.1) is 17.9 Å². The van der Waals surface area contributed by atoms with Gasteiger partial charge in [-0.05, 0) is 57.4 Å². The Balaban J connectivity index is 1.69. The van der Waals surface area contributed by atoms with Crippen molar-refractivity contribution < 1.29 is 4.79 Å². The molecule has 2 aromatic heterocycles. The number of thioether (sulfide) groups is 1. The van der Waals surface area contributed by atoms with Crippen LogP contribution in [0, 0.1) is 0 Å². The Morgan fingerprint density at radius 3 is 2.69 bits per heavy atom. The van der Waals surface area contributed by atoms with E-state index in [-0.39, 0.29) is 16.7 Å². The number of nitrogens with zero attached hydrogens (tertiary/aromatic N) is 3. The molecule has 0 N–H and O–H groups in total. The first-order valence-electron chi connectivity index (χ1n) is 10.7. The lowest BCUT2D eigenvalue weighted by atomic mass is 10.1. The fraction of sp³-hybridized carbons (Fsp3) is 0.591. The minimum atomic E-state index is -0.258. The summed E-state index contributed by atoms with van der Waals surface area (Å²) in [6.07, 6.45) is 10.7. The number of hydrogen-bond donors (Lipinski definition) is 0. The summed E-state index contributed by atoms with van der Waals surface area (Å²) in [6.45, 7) is 7.85. The van der Waals surface area contributed by atoms with E-state index in [1.807, 2.05) is 11.8 Å². The molecule has 0 saturated carbocycles. The minimum absolute atomic E-state index is 0.0226. The van der Waals surface area contributed by atoms with Crippen molar-refractivity contribution in [2.45, 2.75) is 75.2 Å². The third-order valence-electron chi connectivity index (χ3n) is 5.90. The van der Waals surface area contributed by atoms with Crippen molar-refractivity contribution in [2.24, 2.45) is 0 Å². The quantitative estimate of drug-likeness (QED) is 0.305. The van der Waals surface area contributed by atoms with Crippen molar-refractivity contribution in [1.82, 2.24) is 14.5 Å². The molecule has 1 unspecified atom stereocenters. The zero-order valence-electron chi connectivity index (χ0n) is 17.1. The fourth-order valence-corrected chi connectivity index (χ4v) is 6.66. The monoisotopic (exact) mass is 431 g/mol. The number of piperidine rings is 1. The third-order valence-corrected chi connectivity index (χ3v) is 8.16. The average Bonchev–Trinajstić information content (AvgIpc) is 2.92. The highest BCUT2D eigenvalue weighted by Crippen LogP contribution is 2.34. The van der Waals surface area contributed by atoms with Gasteiger partial charge in [0, 0.05) is 24.5 Å². The normalized spacial score (nSPS) is 18.3. The van der Waals surface area contributed by atoms with E-state index in [4.69, 9.17) is 4.98 Å². The maximum Gasteiger partial charge on any atom is 0.263 e. The van der Waals surface area contributed by atoms with Gasteiger partial charge in [-0.2, -0.15) is 0 Å². The summed E-state index contributed by atoms with van der Waals surface area (Å²) in [5.74, 6) is 0.149. The molecule has 1 atom stereocenters. The molecule has 2 aliphatic rings. The predicted octanol–water partition coefficient (Wildman–Crippen LogP) is 4.41. The summed E-state index contributed by atoms with van der Waals surface area (Å²) in [6, 6.07) is 0. The lowest BCUT2D eigenvalue weighted by Crippen LogP contribution is -2.40. The summed E-state index contributed by atoms with van der Waals surface area (Å²) < 4.78 is 1.71. The molecule has 0 bridgehead atoms. The van der Waals surface area contributed by atoms with Gasteiger partial charge in [-0.1, -0.05) is 24.3 Å². The van der Waals surface area contributed by atoms with Gasteiger partial charge in [0.2, 0.25) is 5.91 Å². The largest absolute Gasteiger partial charge is 0.342 e. The molecule has 7 heteroatoms. The van der Waals surface area contributed by atoms with Gasteiger partial charge in [0.05, 0.1) is 10.6 Å². The Hall–Kier alpha value is -1.60. The number of likely N-dealkylation sites (tertiary alicyclic amines) is 1. The van der Waals surface area contributed by atoms with Crippen LogP contribution in [0.1, 0.15) is 55.9 Å². The van der Waals surface area contributed by atoms with E-state index in [2.05, 4.69) is 6.58 Å². The zero-order chi connectivity index (χ0) is 20.4. The van der Waals surface area contributed by atoms with Gasteiger partial charge >= 0.3 is 0 Å². The smallest absolute Gasteiger partial charge is 0.263 e. The number of carbonyl (C=O) groups excluding carboxylic acids is 1. The van der Waals surface area contributed by atoms with Gasteiger partial charge in [0.15, 0.2) is 5.16 Å². The van der Waals surface area contributed by atoms with Gasteiger partial charge in [-0.3, -0.25) is 14.2 Å². The van der Waals surface area contributed by atoms with Crippen LogP contribution in [-0.4, -0.2) is 38.7 Å². The molecule has 1 fully saturated rings. The number of hydrogen-bond acceptors (Lipinski definition) is 5. The summed E-state index contributed by atoms with van der Waals surface area (Å²) in [4.78, 5) is 35.3. The highest BCUT2D eigenvalue weighted by atomic mass is 32.2. The van der Waals surface area contributed by atoms with Crippen LogP contribution < -0.4 is 5.56 Å². The summed E-state index contributed by atoms with van der Waals surface area (Å²) in [7, 11) is 0. The molecule has 2 aromatic rings. The van der Waals surface area contributed by atoms with Crippen molar-refractivity contribution in [3.8, 4) is 0 Å². The lowest BCUT2D eigenvalue weighted by Gasteiger charge is -2.29. The number of fused-ring (bicyclic) bond motifs is 3. The molecule has 0 radical (unpaired) electrons. The number of rotatable bonds is 5. The topological polar surface area (TPSA) is 55.2 Å². The molecule has 1 aliphatic carbocycles. The maximum atomic E-state index is 13.4. The number of aryl methyl sites for hydroxylation is 2. The molecule has 1 saturated heterocycles. The Morgan fingerprint density at radius 2 is 1.93 bits per heavy atom. The van der Waals surface area contributed by atoms with Crippen LogP contribution in [-0.2, 0) is 24.2 Å². The molecule has 4 rings (SSSR count). The Morgan fingerprint density at radius 1 is 1.21 bits per heavy atom. The maximum absolute atomic E-state index is 13.4. The van der Waals surface area contributed by atoms with E-state index >= 15 is 0 Å². The Bertz CT molecular complexity index is 973. The van der Waals surface area contributed by atoms with Gasteiger partial charge in [-0.25, -0.2) is 4.98 Å². The van der Waals surface area contributed by atoms with Crippen LogP contribution in [0.25, 0.3) is 10.2 Å². The van der Waals surface area contributed by atoms with Crippen molar-refractivity contribution in [2.75, 3.05) is 13.1 Å². The van der Waals surface area contributed by atoms with E-state index in [9.17, 15) is 9.59 Å². The molecule has 0 spiro atoms. The van der Waals surface area contributed by atoms with Crippen molar-refractivity contribution >= 4 is 39.2 Å². The number of aromatic nitrogens is 2. The molecule has 5 nitrogen and oxygen atoms in total. The Labute approximate surface area is 180 Å². The third kappa shape index (κ3) is 4.17. The first-order valence-corrected chi connectivity index (χ1v) is 12.4. The van der Waals surface area contributed by atoms with E-state index in [0.29, 0.717) is 11.7 Å². The van der Waals surface area contributed by atoms with E-state index in [0.717, 1.165) is 55.4 Å². The summed E-state index contributed by atoms with van der Waals surface area (Å²) in [5, 5.41) is 1.18. The van der Waals surface area contributed by atoms with E-state index in [1.165, 1.54) is 41.5 Å². The molecule has 3 heterocycles. The standard InChI is InChI=1S/C22H29N3O2S2/c1-3-12-25-21(27)18-16-10-6-4-7-11-17(16)29-19(18)23-22(25)28-15(2)20(26)24-13-8-5-9-14-24/h3,15H,1,4-14H2,2H3. The fourth-order valence-electron chi connectivity index (χ4n) is 4.36. The number of allylic oxidation sites excluding steroid dienone is 1. The molecule has 29 heavy (non-hydrogen) atoms. The van der Waals surface area contributed by atoms with Crippen LogP contribution in [0.5, 0.6) is 0 Å². The second kappa shape index (κ2) is 9.04. The zero-order valence-corrected chi connectivity index (χ0v) is 18.7. The molecule has 1 aliphatic heterocycles. The van der Waals surface area contributed by atoms with Gasteiger partial charge < -0.3 is 4.90 Å². The highest BCUT2D eigenvalue weighted by Gasteiger charge is 2.26. The van der Waals surface area contributed by atoms with Crippen LogP contribution in [0.2, 0.25) is 0 Å². The molecule has 156 valence electrons. The van der Waals surface area contributed by atoms with Crippen LogP contribution in [0.4, 0.5) is 0 Å². The van der Waals surface area contributed by atoms with Crippen LogP contribution >= 0.6 is 23.1 Å². The van der Waals surface area contributed by atoms with Crippen LogP contribution in [0.3, 0.4) is 0 Å². The molecular formula is C22H29N3O2S2. The molecule has 0 aromatic carbocycles. The first-order chi connectivity index (χ1) is 14.1. The minimum Gasteiger partial charge on any atom is -0.342 e. The van der Waals surface area contributed by atoms with Crippen molar-refractivity contribution in [3.05, 3.63) is 33.4 Å². The summed E-state index contributed by atoms with van der Waals surface area (Å²) in [5.41, 5.74) is 1.24. The van der Waals surface area contributed by atoms with Crippen molar-refractivity contribution in [1.29, 1.82) is 0 Å². The second-order valence-electron chi connectivity index (χ2n) is 7.99. The number of carbonyl (C=O) groups is 1. The first kappa shape index (κ1) is 20.7. The molecular weight excluding hydrogens is 402 g/mol. The molecule has 1 amide bonds. The highest BCUT2D eigenvalue weighted by molar-refractivity contribution is 8.00. The van der Waals surface area contributed by atoms with Crippen molar-refractivity contribution in [3.63, 3.8) is 0 Å². The SMILES string of the molecule is C=CCn1c(SC(C)C(=O)N2CCCCC2)nc2sc3c(c2c1=O)CCCCC3. The van der Waals surface area contributed by atoms with E-state index < -0.39 is 0 Å². The second-order valence-corrected chi connectivity index (χ2v) is 10.4.